The fourth-order valence-corrected chi connectivity index (χ4v) is 2.36. The summed E-state index contributed by atoms with van der Waals surface area (Å²) < 4.78 is 11.1. The molecule has 0 unspecified atom stereocenters. The van der Waals surface area contributed by atoms with Crippen molar-refractivity contribution in [2.24, 2.45) is 0 Å². The van der Waals surface area contributed by atoms with Gasteiger partial charge in [0.2, 0.25) is 5.95 Å². The number of nitrogens with zero attached hydrogens (tertiary/aromatic N) is 2. The second kappa shape index (κ2) is 7.17. The molecular weight excluding hydrogens is 292 g/mol. The van der Waals surface area contributed by atoms with Crippen LogP contribution in [0.5, 0.6) is 11.5 Å². The maximum atomic E-state index is 5.60. The van der Waals surface area contributed by atoms with Crippen molar-refractivity contribution in [1.29, 1.82) is 0 Å². The van der Waals surface area contributed by atoms with Crippen molar-refractivity contribution in [2.75, 3.05) is 30.4 Å². The van der Waals surface area contributed by atoms with Crippen molar-refractivity contribution in [2.45, 2.75) is 26.7 Å². The molecule has 122 valence electrons. The van der Waals surface area contributed by atoms with Crippen molar-refractivity contribution >= 4 is 17.5 Å². The molecule has 1 aliphatic rings. The topological polar surface area (TPSA) is 68.3 Å². The van der Waals surface area contributed by atoms with Crippen LogP contribution in [0, 0.1) is 6.92 Å². The zero-order valence-electron chi connectivity index (χ0n) is 13.6. The minimum absolute atomic E-state index is 0.570. The first-order valence-electron chi connectivity index (χ1n) is 8.01. The molecule has 6 nitrogen and oxygen atoms in total. The molecule has 23 heavy (non-hydrogen) atoms. The summed E-state index contributed by atoms with van der Waals surface area (Å²) >= 11 is 0. The number of fused-ring (bicyclic) bond motifs is 1. The van der Waals surface area contributed by atoms with Crippen LogP contribution in [0.2, 0.25) is 0 Å². The van der Waals surface area contributed by atoms with Crippen molar-refractivity contribution < 1.29 is 9.47 Å². The number of hydrogen-bond donors (Lipinski definition) is 2. The summed E-state index contributed by atoms with van der Waals surface area (Å²) in [4.78, 5) is 8.94. The van der Waals surface area contributed by atoms with Gasteiger partial charge in [-0.25, -0.2) is 4.98 Å². The van der Waals surface area contributed by atoms with Crippen LogP contribution in [0.25, 0.3) is 0 Å². The standard InChI is InChI=1S/C17H22N4O2/c1-3-4-7-18-16-10-12(2)19-17(21-16)20-13-5-6-14-15(11-13)23-9-8-22-14/h5-6,10-11H,3-4,7-9H2,1-2H3,(H2,18,19,20,21). The average Bonchev–Trinajstić information content (AvgIpc) is 2.54. The van der Waals surface area contributed by atoms with Gasteiger partial charge in [-0.1, -0.05) is 13.3 Å². The van der Waals surface area contributed by atoms with E-state index in [9.17, 15) is 0 Å². The van der Waals surface area contributed by atoms with Gasteiger partial charge in [-0.2, -0.15) is 4.98 Å². The van der Waals surface area contributed by atoms with Crippen LogP contribution in [0.15, 0.2) is 24.3 Å². The summed E-state index contributed by atoms with van der Waals surface area (Å²) in [7, 11) is 0. The number of hydrogen-bond acceptors (Lipinski definition) is 6. The summed E-state index contributed by atoms with van der Waals surface area (Å²) in [5.74, 6) is 2.93. The number of rotatable bonds is 6. The minimum Gasteiger partial charge on any atom is -0.486 e. The normalized spacial score (nSPS) is 12.8. The number of aryl methyl sites for hydroxylation is 1. The molecule has 0 atom stereocenters. The maximum absolute atomic E-state index is 5.60. The van der Waals surface area contributed by atoms with E-state index in [0.29, 0.717) is 19.2 Å². The van der Waals surface area contributed by atoms with Gasteiger partial charge in [0.15, 0.2) is 11.5 Å². The Labute approximate surface area is 136 Å². The Morgan fingerprint density at radius 1 is 1.09 bits per heavy atom. The third kappa shape index (κ3) is 4.03. The molecule has 6 heteroatoms. The summed E-state index contributed by atoms with van der Waals surface area (Å²) in [6, 6.07) is 7.69. The van der Waals surface area contributed by atoms with Crippen LogP contribution < -0.4 is 20.1 Å². The summed E-state index contributed by atoms with van der Waals surface area (Å²) in [6.45, 7) is 6.20. The fraction of sp³-hybridized carbons (Fsp3) is 0.412. The molecule has 2 heterocycles. The van der Waals surface area contributed by atoms with Crippen molar-refractivity contribution in [3.63, 3.8) is 0 Å². The highest BCUT2D eigenvalue weighted by Crippen LogP contribution is 2.33. The number of nitrogens with one attached hydrogen (secondary N) is 2. The smallest absolute Gasteiger partial charge is 0.229 e. The molecule has 1 aromatic heterocycles. The number of benzene rings is 1. The fourth-order valence-electron chi connectivity index (χ4n) is 2.36. The zero-order chi connectivity index (χ0) is 16.1. The lowest BCUT2D eigenvalue weighted by atomic mass is 10.2. The minimum atomic E-state index is 0.570. The third-order valence-electron chi connectivity index (χ3n) is 3.49. The molecular formula is C17H22N4O2. The molecule has 0 radical (unpaired) electrons. The Hall–Kier alpha value is -2.50. The van der Waals surface area contributed by atoms with E-state index < -0.39 is 0 Å². The van der Waals surface area contributed by atoms with Gasteiger partial charge in [0.05, 0.1) is 0 Å². The van der Waals surface area contributed by atoms with Crippen LogP contribution >= 0.6 is 0 Å². The molecule has 2 N–H and O–H groups in total. The monoisotopic (exact) mass is 314 g/mol. The highest BCUT2D eigenvalue weighted by atomic mass is 16.6. The lowest BCUT2D eigenvalue weighted by molar-refractivity contribution is 0.171. The van der Waals surface area contributed by atoms with Gasteiger partial charge in [0.25, 0.3) is 0 Å². The largest absolute Gasteiger partial charge is 0.486 e. The van der Waals surface area contributed by atoms with Crippen molar-refractivity contribution in [3.8, 4) is 11.5 Å². The Morgan fingerprint density at radius 3 is 2.74 bits per heavy atom. The second-order valence-corrected chi connectivity index (χ2v) is 5.48. The molecule has 0 fully saturated rings. The molecule has 0 amide bonds. The number of anilines is 3. The van der Waals surface area contributed by atoms with E-state index in [1.54, 1.807) is 0 Å². The molecule has 0 aliphatic carbocycles. The van der Waals surface area contributed by atoms with E-state index >= 15 is 0 Å². The van der Waals surface area contributed by atoms with E-state index in [0.717, 1.165) is 48.1 Å². The van der Waals surface area contributed by atoms with E-state index in [1.165, 1.54) is 0 Å². The predicted octanol–water partition coefficient (Wildman–Crippen LogP) is 3.51. The van der Waals surface area contributed by atoms with E-state index in [4.69, 9.17) is 9.47 Å². The van der Waals surface area contributed by atoms with Gasteiger partial charge in [-0.3, -0.25) is 0 Å². The quantitative estimate of drug-likeness (QED) is 0.795. The summed E-state index contributed by atoms with van der Waals surface area (Å²) in [5, 5.41) is 6.55. The predicted molar refractivity (Wildman–Crippen MR) is 90.9 cm³/mol. The van der Waals surface area contributed by atoms with Crippen LogP contribution in [0.1, 0.15) is 25.5 Å². The molecule has 1 aliphatic heterocycles. The molecule has 0 saturated carbocycles. The second-order valence-electron chi connectivity index (χ2n) is 5.48. The number of aromatic nitrogens is 2. The van der Waals surface area contributed by atoms with Crippen LogP contribution in [-0.2, 0) is 0 Å². The van der Waals surface area contributed by atoms with Crippen LogP contribution in [-0.4, -0.2) is 29.7 Å². The van der Waals surface area contributed by atoms with Crippen LogP contribution in [0.3, 0.4) is 0 Å². The van der Waals surface area contributed by atoms with Crippen LogP contribution in [0.4, 0.5) is 17.5 Å². The molecule has 0 spiro atoms. The van der Waals surface area contributed by atoms with Gasteiger partial charge in [-0.05, 0) is 25.5 Å². The SMILES string of the molecule is CCCCNc1cc(C)nc(Nc2ccc3c(c2)OCCO3)n1. The van der Waals surface area contributed by atoms with Gasteiger partial charge in [0.1, 0.15) is 19.0 Å². The highest BCUT2D eigenvalue weighted by Gasteiger charge is 2.12. The first-order valence-corrected chi connectivity index (χ1v) is 8.01. The van der Waals surface area contributed by atoms with Gasteiger partial charge >= 0.3 is 0 Å². The third-order valence-corrected chi connectivity index (χ3v) is 3.49. The number of ether oxygens (including phenoxy) is 2. The molecule has 2 aromatic rings. The van der Waals surface area contributed by atoms with Gasteiger partial charge < -0.3 is 20.1 Å². The summed E-state index contributed by atoms with van der Waals surface area (Å²) in [5.41, 5.74) is 1.79. The maximum Gasteiger partial charge on any atom is 0.229 e. The van der Waals surface area contributed by atoms with Crippen molar-refractivity contribution in [3.05, 3.63) is 30.0 Å². The Bertz CT molecular complexity index is 676. The Morgan fingerprint density at radius 2 is 1.91 bits per heavy atom. The molecule has 3 rings (SSSR count). The zero-order valence-corrected chi connectivity index (χ0v) is 13.6. The Balaban J connectivity index is 1.74. The molecule has 0 bridgehead atoms. The summed E-state index contributed by atoms with van der Waals surface area (Å²) in [6.07, 6.45) is 2.27. The lowest BCUT2D eigenvalue weighted by Gasteiger charge is -2.19. The van der Waals surface area contributed by atoms with E-state index in [2.05, 4.69) is 27.5 Å². The van der Waals surface area contributed by atoms with Crippen molar-refractivity contribution in [1.82, 2.24) is 9.97 Å². The van der Waals surface area contributed by atoms with E-state index in [1.807, 2.05) is 31.2 Å². The number of unbranched alkanes of at least 4 members (excludes halogenated alkanes) is 1. The molecule has 1 aromatic carbocycles. The first-order chi connectivity index (χ1) is 11.2. The lowest BCUT2D eigenvalue weighted by Crippen LogP contribution is -2.15. The van der Waals surface area contributed by atoms with E-state index in [-0.39, 0.29) is 0 Å². The average molecular weight is 314 g/mol. The Kier molecular flexibility index (Phi) is 4.80. The van der Waals surface area contributed by atoms with Gasteiger partial charge in [-0.15, -0.1) is 0 Å². The van der Waals surface area contributed by atoms with Gasteiger partial charge in [0, 0.05) is 30.1 Å². The molecule has 0 saturated heterocycles. The first kappa shape index (κ1) is 15.4. The highest BCUT2D eigenvalue weighted by molar-refractivity contribution is 5.61.